The van der Waals surface area contributed by atoms with Crippen molar-refractivity contribution in [2.45, 2.75) is 19.0 Å². The number of amides is 1. The van der Waals surface area contributed by atoms with Gasteiger partial charge < -0.3 is 20.3 Å². The third kappa shape index (κ3) is 3.99. The molecule has 3 N–H and O–H groups in total. The molecule has 0 aliphatic heterocycles. The molecule has 3 aromatic rings. The lowest BCUT2D eigenvalue weighted by Gasteiger charge is -2.07. The Bertz CT molecular complexity index is 888. The Hall–Kier alpha value is -2.94. The Morgan fingerprint density at radius 2 is 2.08 bits per heavy atom. The summed E-state index contributed by atoms with van der Waals surface area (Å²) in [5.41, 5.74) is 1.47. The highest BCUT2D eigenvalue weighted by atomic mass is 32.2. The first kappa shape index (κ1) is 17.9. The molecule has 0 saturated heterocycles. The smallest absolute Gasteiger partial charge is 0.234 e. The van der Waals surface area contributed by atoms with Gasteiger partial charge in [-0.2, -0.15) is 0 Å². The van der Waals surface area contributed by atoms with Gasteiger partial charge in [-0.25, -0.2) is 4.68 Å². The lowest BCUT2D eigenvalue weighted by molar-refractivity contribution is -0.113. The molecule has 8 nitrogen and oxygen atoms in total. The van der Waals surface area contributed by atoms with Crippen LogP contribution in [0.2, 0.25) is 0 Å². The summed E-state index contributed by atoms with van der Waals surface area (Å²) in [6.07, 6.45) is 1.57. The Kier molecular flexibility index (Phi) is 5.47. The second kappa shape index (κ2) is 7.96. The third-order valence-electron chi connectivity index (χ3n) is 3.55. The highest BCUT2D eigenvalue weighted by molar-refractivity contribution is 7.99. The fraction of sp³-hybridized carbons (Fsp3) is 0.235. The van der Waals surface area contributed by atoms with E-state index in [9.17, 15) is 4.79 Å². The second-order valence-electron chi connectivity index (χ2n) is 5.36. The third-order valence-corrected chi connectivity index (χ3v) is 4.49. The average Bonchev–Trinajstić information content (AvgIpc) is 3.20. The van der Waals surface area contributed by atoms with E-state index < -0.39 is 0 Å². The molecule has 2 heterocycles. The van der Waals surface area contributed by atoms with Gasteiger partial charge in [-0.15, -0.1) is 10.2 Å². The zero-order chi connectivity index (χ0) is 18.5. The Labute approximate surface area is 154 Å². The fourth-order valence-corrected chi connectivity index (χ4v) is 2.96. The first-order valence-electron chi connectivity index (χ1n) is 7.99. The second-order valence-corrected chi connectivity index (χ2v) is 6.30. The molecule has 2 aromatic heterocycles. The maximum atomic E-state index is 12.1. The van der Waals surface area contributed by atoms with Crippen molar-refractivity contribution in [2.24, 2.45) is 0 Å². The van der Waals surface area contributed by atoms with Crippen LogP contribution in [0.15, 0.2) is 46.2 Å². The summed E-state index contributed by atoms with van der Waals surface area (Å²) in [5, 5.41) is 11.4. The summed E-state index contributed by atoms with van der Waals surface area (Å²) in [7, 11) is 0. The van der Waals surface area contributed by atoms with Crippen molar-refractivity contribution in [2.75, 3.05) is 23.5 Å². The van der Waals surface area contributed by atoms with Crippen LogP contribution in [0.1, 0.15) is 12.7 Å². The minimum atomic E-state index is -0.164. The average molecular weight is 373 g/mol. The molecule has 0 unspecified atom stereocenters. The number of aryl methyl sites for hydroxylation is 1. The zero-order valence-corrected chi connectivity index (χ0v) is 15.2. The number of nitrogens with two attached hydrogens (primary N) is 1. The summed E-state index contributed by atoms with van der Waals surface area (Å²) < 4.78 is 12.0. The van der Waals surface area contributed by atoms with Gasteiger partial charge in [-0.05, 0) is 44.2 Å². The summed E-state index contributed by atoms with van der Waals surface area (Å²) in [6.45, 7) is 4.34. The van der Waals surface area contributed by atoms with Gasteiger partial charge in [0.05, 0.1) is 24.2 Å². The van der Waals surface area contributed by atoms with Crippen molar-refractivity contribution >= 4 is 23.4 Å². The lowest BCUT2D eigenvalue weighted by atomic mass is 10.2. The van der Waals surface area contributed by atoms with Crippen LogP contribution in [-0.4, -0.2) is 33.1 Å². The van der Waals surface area contributed by atoms with Gasteiger partial charge in [0.15, 0.2) is 5.82 Å². The largest absolute Gasteiger partial charge is 0.494 e. The molecule has 3 rings (SSSR count). The van der Waals surface area contributed by atoms with Gasteiger partial charge in [0.2, 0.25) is 11.1 Å². The van der Waals surface area contributed by atoms with E-state index in [0.29, 0.717) is 29.0 Å². The highest BCUT2D eigenvalue weighted by Gasteiger charge is 2.16. The Morgan fingerprint density at radius 1 is 1.31 bits per heavy atom. The van der Waals surface area contributed by atoms with Gasteiger partial charge in [-0.3, -0.25) is 4.79 Å². The van der Waals surface area contributed by atoms with Gasteiger partial charge in [0.1, 0.15) is 11.5 Å². The number of nitrogens with zero attached hydrogens (tertiary/aromatic N) is 3. The number of nitrogens with one attached hydrogen (secondary N) is 1. The zero-order valence-electron chi connectivity index (χ0n) is 14.4. The molecule has 0 bridgehead atoms. The number of anilines is 1. The lowest BCUT2D eigenvalue weighted by Crippen LogP contribution is -2.16. The molecule has 0 aliphatic carbocycles. The molecule has 0 aliphatic rings. The first-order valence-corrected chi connectivity index (χ1v) is 8.97. The SMILES string of the molecule is CCOc1ccc(NC(=O)CSc2nnc(-c3ccoc3C)n2N)cc1. The van der Waals surface area contributed by atoms with Crippen LogP contribution in [0, 0.1) is 6.92 Å². The van der Waals surface area contributed by atoms with Crippen LogP contribution >= 0.6 is 11.8 Å². The quantitative estimate of drug-likeness (QED) is 0.484. The van der Waals surface area contributed by atoms with Gasteiger partial charge in [0.25, 0.3) is 0 Å². The van der Waals surface area contributed by atoms with E-state index in [4.69, 9.17) is 15.0 Å². The summed E-state index contributed by atoms with van der Waals surface area (Å²) >= 11 is 1.21. The Morgan fingerprint density at radius 3 is 2.73 bits per heavy atom. The number of hydrogen-bond acceptors (Lipinski definition) is 7. The molecule has 0 atom stereocenters. The van der Waals surface area contributed by atoms with Crippen LogP contribution in [0.5, 0.6) is 5.75 Å². The van der Waals surface area contributed by atoms with Crippen molar-refractivity contribution in [1.29, 1.82) is 0 Å². The van der Waals surface area contributed by atoms with E-state index in [2.05, 4.69) is 15.5 Å². The van der Waals surface area contributed by atoms with Crippen LogP contribution in [0.4, 0.5) is 5.69 Å². The van der Waals surface area contributed by atoms with Gasteiger partial charge >= 0.3 is 0 Å². The normalized spacial score (nSPS) is 10.7. The minimum absolute atomic E-state index is 0.160. The van der Waals surface area contributed by atoms with Crippen molar-refractivity contribution in [3.05, 3.63) is 42.4 Å². The molecule has 9 heteroatoms. The van der Waals surface area contributed by atoms with Crippen molar-refractivity contribution in [3.8, 4) is 17.1 Å². The van der Waals surface area contributed by atoms with E-state index in [0.717, 1.165) is 11.3 Å². The molecule has 0 radical (unpaired) electrons. The van der Waals surface area contributed by atoms with Crippen LogP contribution in [0.25, 0.3) is 11.4 Å². The van der Waals surface area contributed by atoms with Crippen molar-refractivity contribution in [3.63, 3.8) is 0 Å². The maximum Gasteiger partial charge on any atom is 0.234 e. The molecule has 136 valence electrons. The fourth-order valence-electron chi connectivity index (χ4n) is 2.30. The molecule has 0 saturated carbocycles. The maximum absolute atomic E-state index is 12.1. The number of thioether (sulfide) groups is 1. The number of carbonyl (C=O) groups is 1. The number of nitrogen functional groups attached to an aromatic ring is 1. The van der Waals surface area contributed by atoms with Crippen LogP contribution in [0.3, 0.4) is 0 Å². The molecular weight excluding hydrogens is 354 g/mol. The molecular formula is C17H19N5O3S. The molecule has 0 fully saturated rings. The van der Waals surface area contributed by atoms with E-state index >= 15 is 0 Å². The van der Waals surface area contributed by atoms with E-state index in [-0.39, 0.29) is 11.7 Å². The molecule has 0 spiro atoms. The molecule has 26 heavy (non-hydrogen) atoms. The standard InChI is InChI=1S/C17H19N5O3S/c1-3-24-13-6-4-12(5-7-13)19-15(23)10-26-17-21-20-16(22(17)18)14-8-9-25-11(14)2/h4-9H,3,10,18H2,1-2H3,(H,19,23). The summed E-state index contributed by atoms with van der Waals surface area (Å²) in [5.74, 6) is 7.98. The number of aromatic nitrogens is 3. The molecule has 1 amide bonds. The Balaban J connectivity index is 1.58. The monoisotopic (exact) mass is 373 g/mol. The van der Waals surface area contributed by atoms with Gasteiger partial charge in [0, 0.05) is 5.69 Å². The van der Waals surface area contributed by atoms with Gasteiger partial charge in [-0.1, -0.05) is 11.8 Å². The summed E-state index contributed by atoms with van der Waals surface area (Å²) in [4.78, 5) is 12.1. The topological polar surface area (TPSA) is 108 Å². The number of benzene rings is 1. The minimum Gasteiger partial charge on any atom is -0.494 e. The number of rotatable bonds is 7. The van der Waals surface area contributed by atoms with E-state index in [1.54, 1.807) is 24.5 Å². The number of furan rings is 1. The predicted octanol–water partition coefficient (Wildman–Crippen LogP) is 2.69. The van der Waals surface area contributed by atoms with E-state index in [1.807, 2.05) is 26.0 Å². The van der Waals surface area contributed by atoms with E-state index in [1.165, 1.54) is 16.4 Å². The highest BCUT2D eigenvalue weighted by Crippen LogP contribution is 2.25. The van der Waals surface area contributed by atoms with Crippen molar-refractivity contribution < 1.29 is 13.9 Å². The molecule has 1 aromatic carbocycles. The number of hydrogen-bond donors (Lipinski definition) is 2. The first-order chi connectivity index (χ1) is 12.6. The number of ether oxygens (including phenoxy) is 1. The summed E-state index contributed by atoms with van der Waals surface area (Å²) in [6, 6.07) is 8.97. The predicted molar refractivity (Wildman–Crippen MR) is 99.6 cm³/mol. The van der Waals surface area contributed by atoms with Crippen molar-refractivity contribution in [1.82, 2.24) is 14.9 Å². The number of carbonyl (C=O) groups excluding carboxylic acids is 1. The van der Waals surface area contributed by atoms with Crippen LogP contribution < -0.4 is 15.9 Å². The van der Waals surface area contributed by atoms with Crippen LogP contribution in [-0.2, 0) is 4.79 Å².